The summed E-state index contributed by atoms with van der Waals surface area (Å²) in [6, 6.07) is 9.37. The molecule has 1 aliphatic rings. The van der Waals surface area contributed by atoms with Gasteiger partial charge in [0.15, 0.2) is 11.2 Å². The van der Waals surface area contributed by atoms with Crippen LogP contribution in [0.25, 0.3) is 10.6 Å². The molecule has 0 aliphatic carbocycles. The van der Waals surface area contributed by atoms with Gasteiger partial charge in [-0.15, -0.1) is 22.7 Å². The van der Waals surface area contributed by atoms with Crippen LogP contribution in [-0.4, -0.2) is 17.0 Å². The smallest absolute Gasteiger partial charge is 0.267 e. The summed E-state index contributed by atoms with van der Waals surface area (Å²) in [6.45, 7) is 0. The number of halogens is 1. The minimum absolute atomic E-state index is 0.190. The first-order valence-corrected chi connectivity index (χ1v) is 9.08. The zero-order chi connectivity index (χ0) is 15.8. The van der Waals surface area contributed by atoms with E-state index in [4.69, 9.17) is 16.3 Å². The van der Waals surface area contributed by atoms with Crippen LogP contribution in [0.5, 0.6) is 5.75 Å². The Hall–Kier alpha value is -1.89. The third-order valence-corrected chi connectivity index (χ3v) is 5.38. The normalized spacial score (nSPS) is 16.0. The Morgan fingerprint density at radius 3 is 3.09 bits per heavy atom. The Kier molecular flexibility index (Phi) is 3.80. The highest BCUT2D eigenvalue weighted by atomic mass is 35.5. The zero-order valence-electron chi connectivity index (χ0n) is 11.8. The van der Waals surface area contributed by atoms with E-state index in [1.165, 1.54) is 11.3 Å². The van der Waals surface area contributed by atoms with E-state index >= 15 is 0 Å². The number of nitrogens with one attached hydrogen (secondary N) is 1. The lowest BCUT2D eigenvalue weighted by Gasteiger charge is -2.09. The maximum atomic E-state index is 12.4. The van der Waals surface area contributed by atoms with Crippen LogP contribution >= 0.6 is 34.3 Å². The second-order valence-electron chi connectivity index (χ2n) is 5.07. The molecule has 1 aliphatic heterocycles. The van der Waals surface area contributed by atoms with Gasteiger partial charge >= 0.3 is 0 Å². The fourth-order valence-electron chi connectivity index (χ4n) is 2.42. The second-order valence-corrected chi connectivity index (χ2v) is 7.31. The quantitative estimate of drug-likeness (QED) is 0.748. The number of carbonyl (C=O) groups excluding carboxylic acids is 1. The van der Waals surface area contributed by atoms with Crippen molar-refractivity contribution < 1.29 is 9.53 Å². The van der Waals surface area contributed by atoms with Crippen LogP contribution in [-0.2, 0) is 11.2 Å². The van der Waals surface area contributed by atoms with E-state index in [2.05, 4.69) is 10.3 Å². The van der Waals surface area contributed by atoms with Crippen LogP contribution in [0.4, 0.5) is 5.13 Å². The summed E-state index contributed by atoms with van der Waals surface area (Å²) < 4.78 is 5.68. The first-order valence-electron chi connectivity index (χ1n) is 6.94. The summed E-state index contributed by atoms with van der Waals surface area (Å²) in [5.41, 5.74) is 1.83. The Balaban J connectivity index is 1.45. The van der Waals surface area contributed by atoms with Crippen LogP contribution in [0.2, 0.25) is 5.02 Å². The molecule has 7 heteroatoms. The van der Waals surface area contributed by atoms with E-state index in [0.29, 0.717) is 22.3 Å². The Labute approximate surface area is 145 Å². The van der Waals surface area contributed by atoms with Gasteiger partial charge in [-0.1, -0.05) is 17.7 Å². The fraction of sp³-hybridized carbons (Fsp3) is 0.125. The molecule has 0 radical (unpaired) electrons. The van der Waals surface area contributed by atoms with E-state index in [0.717, 1.165) is 16.1 Å². The maximum absolute atomic E-state index is 12.4. The van der Waals surface area contributed by atoms with Crippen LogP contribution in [0.1, 0.15) is 5.56 Å². The van der Waals surface area contributed by atoms with Crippen molar-refractivity contribution in [3.63, 3.8) is 0 Å². The molecule has 1 aromatic carbocycles. The van der Waals surface area contributed by atoms with Crippen LogP contribution < -0.4 is 10.1 Å². The van der Waals surface area contributed by atoms with E-state index in [1.807, 2.05) is 29.0 Å². The monoisotopic (exact) mass is 362 g/mol. The molecule has 4 rings (SSSR count). The molecule has 3 aromatic rings. The second kappa shape index (κ2) is 5.96. The standard InChI is InChI=1S/C16H11ClN2O2S2/c17-10-3-4-12-9(6-10)7-13(21-12)15(20)19-16-18-11(8-23-16)14-2-1-5-22-14/h1-6,8,13H,7H2,(H,18,19,20). The third kappa shape index (κ3) is 2.97. The fourth-order valence-corrected chi connectivity index (χ4v) is 4.09. The van der Waals surface area contributed by atoms with Crippen molar-refractivity contribution in [2.75, 3.05) is 5.32 Å². The highest BCUT2D eigenvalue weighted by Gasteiger charge is 2.29. The number of thiophene rings is 1. The number of amides is 1. The van der Waals surface area contributed by atoms with Crippen molar-refractivity contribution in [2.45, 2.75) is 12.5 Å². The SMILES string of the molecule is O=C(Nc1nc(-c2cccs2)cs1)C1Cc2cc(Cl)ccc2O1. The molecule has 0 saturated heterocycles. The van der Waals surface area contributed by atoms with Gasteiger partial charge in [0.2, 0.25) is 0 Å². The van der Waals surface area contributed by atoms with E-state index in [9.17, 15) is 4.79 Å². The summed E-state index contributed by atoms with van der Waals surface area (Å²) >= 11 is 9.00. The predicted molar refractivity (Wildman–Crippen MR) is 93.6 cm³/mol. The molecule has 1 N–H and O–H groups in total. The number of fused-ring (bicyclic) bond motifs is 1. The zero-order valence-corrected chi connectivity index (χ0v) is 14.2. The molecule has 0 saturated carbocycles. The summed E-state index contributed by atoms with van der Waals surface area (Å²) in [5.74, 6) is 0.525. The number of thiazole rings is 1. The molecule has 23 heavy (non-hydrogen) atoms. The molecule has 0 bridgehead atoms. The molecule has 1 unspecified atom stereocenters. The Morgan fingerprint density at radius 2 is 2.26 bits per heavy atom. The van der Waals surface area contributed by atoms with Crippen molar-refractivity contribution in [2.24, 2.45) is 0 Å². The summed E-state index contributed by atoms with van der Waals surface area (Å²) in [5, 5.41) is 8.00. The summed E-state index contributed by atoms with van der Waals surface area (Å²) in [6.07, 6.45) is -0.0252. The Morgan fingerprint density at radius 1 is 1.35 bits per heavy atom. The van der Waals surface area contributed by atoms with E-state index < -0.39 is 6.10 Å². The molecular weight excluding hydrogens is 352 g/mol. The van der Waals surface area contributed by atoms with E-state index in [-0.39, 0.29) is 5.91 Å². The van der Waals surface area contributed by atoms with Gasteiger partial charge in [0.1, 0.15) is 5.75 Å². The molecule has 0 spiro atoms. The highest BCUT2D eigenvalue weighted by Crippen LogP contribution is 2.32. The largest absolute Gasteiger partial charge is 0.480 e. The van der Waals surface area contributed by atoms with Gasteiger partial charge in [-0.25, -0.2) is 4.98 Å². The highest BCUT2D eigenvalue weighted by molar-refractivity contribution is 7.16. The average molecular weight is 363 g/mol. The van der Waals surface area contributed by atoms with Gasteiger partial charge in [0, 0.05) is 16.8 Å². The molecule has 2 aromatic heterocycles. The number of ether oxygens (including phenoxy) is 1. The van der Waals surface area contributed by atoms with Gasteiger partial charge in [-0.05, 0) is 35.2 Å². The first-order chi connectivity index (χ1) is 11.2. The molecule has 1 amide bonds. The van der Waals surface area contributed by atoms with Gasteiger partial charge in [-0.2, -0.15) is 0 Å². The summed E-state index contributed by atoms with van der Waals surface area (Å²) in [7, 11) is 0. The number of nitrogens with zero attached hydrogens (tertiary/aromatic N) is 1. The number of benzene rings is 1. The average Bonchev–Trinajstić information content (AvgIpc) is 3.26. The number of anilines is 1. The van der Waals surface area contributed by atoms with Crippen LogP contribution in [0.15, 0.2) is 41.1 Å². The van der Waals surface area contributed by atoms with Crippen molar-refractivity contribution in [3.8, 4) is 16.3 Å². The number of rotatable bonds is 3. The van der Waals surface area contributed by atoms with Crippen molar-refractivity contribution in [3.05, 3.63) is 51.7 Å². The van der Waals surface area contributed by atoms with Crippen molar-refractivity contribution in [1.29, 1.82) is 0 Å². The lowest BCUT2D eigenvalue weighted by Crippen LogP contribution is -2.31. The van der Waals surface area contributed by atoms with Crippen LogP contribution in [0.3, 0.4) is 0 Å². The van der Waals surface area contributed by atoms with Crippen molar-refractivity contribution >= 4 is 45.3 Å². The molecule has 0 fully saturated rings. The lowest BCUT2D eigenvalue weighted by molar-refractivity contribution is -0.122. The number of aromatic nitrogens is 1. The van der Waals surface area contributed by atoms with Crippen molar-refractivity contribution in [1.82, 2.24) is 4.98 Å². The lowest BCUT2D eigenvalue weighted by atomic mass is 10.1. The van der Waals surface area contributed by atoms with Crippen LogP contribution in [0, 0.1) is 0 Å². The van der Waals surface area contributed by atoms with Gasteiger partial charge in [-0.3, -0.25) is 10.1 Å². The molecule has 3 heterocycles. The number of carbonyl (C=O) groups is 1. The maximum Gasteiger partial charge on any atom is 0.267 e. The van der Waals surface area contributed by atoms with Gasteiger partial charge in [0.05, 0.1) is 10.6 Å². The topological polar surface area (TPSA) is 51.2 Å². The molecular formula is C16H11ClN2O2S2. The first kappa shape index (κ1) is 14.7. The number of hydrogen-bond acceptors (Lipinski definition) is 5. The number of hydrogen-bond donors (Lipinski definition) is 1. The third-order valence-electron chi connectivity index (χ3n) is 3.50. The predicted octanol–water partition coefficient (Wildman–Crippen LogP) is 4.47. The minimum atomic E-state index is -0.544. The molecule has 1 atom stereocenters. The Bertz CT molecular complexity index is 861. The van der Waals surface area contributed by atoms with E-state index in [1.54, 1.807) is 23.5 Å². The minimum Gasteiger partial charge on any atom is -0.480 e. The van der Waals surface area contributed by atoms with Gasteiger partial charge < -0.3 is 4.74 Å². The summed E-state index contributed by atoms with van der Waals surface area (Å²) in [4.78, 5) is 17.9. The van der Waals surface area contributed by atoms with Gasteiger partial charge in [0.25, 0.3) is 5.91 Å². The molecule has 116 valence electrons. The molecule has 4 nitrogen and oxygen atoms in total.